The molecule has 1 aliphatic rings. The van der Waals surface area contributed by atoms with Crippen molar-refractivity contribution >= 4 is 46.6 Å². The first-order valence-electron chi connectivity index (χ1n) is 9.14. The Bertz CT molecular complexity index is 922. The minimum Gasteiger partial charge on any atom is -0.496 e. The Morgan fingerprint density at radius 3 is 2.72 bits per heavy atom. The number of rotatable bonds is 5. The number of aromatic nitrogens is 2. The van der Waals surface area contributed by atoms with E-state index < -0.39 is 0 Å². The van der Waals surface area contributed by atoms with E-state index in [4.69, 9.17) is 27.9 Å². The number of ether oxygens (including phenoxy) is 1. The standard InChI is InChI=1S/C19H24Cl2N6O2/c1-19(2)10-23-5-6-27(19)17(28)11-7-12(20)14(8-15(11)29-4)25-18-24-9-13(21)16(22-3)26-18/h7-9,23H,5-6,10H2,1-4H3,(H2,22,24,25,26). The summed E-state index contributed by atoms with van der Waals surface area (Å²) in [5, 5.41) is 10.0. The van der Waals surface area contributed by atoms with Crippen LogP contribution in [0.2, 0.25) is 10.0 Å². The summed E-state index contributed by atoms with van der Waals surface area (Å²) in [4.78, 5) is 23.5. The molecule has 1 aliphatic heterocycles. The van der Waals surface area contributed by atoms with E-state index in [9.17, 15) is 4.79 Å². The van der Waals surface area contributed by atoms with Crippen LogP contribution in [-0.2, 0) is 0 Å². The molecule has 0 radical (unpaired) electrons. The monoisotopic (exact) mass is 438 g/mol. The zero-order valence-electron chi connectivity index (χ0n) is 16.8. The number of carbonyl (C=O) groups excluding carboxylic acids is 1. The highest BCUT2D eigenvalue weighted by Gasteiger charge is 2.35. The molecule has 0 atom stereocenters. The summed E-state index contributed by atoms with van der Waals surface area (Å²) >= 11 is 12.5. The molecule has 0 spiro atoms. The maximum absolute atomic E-state index is 13.2. The molecule has 2 heterocycles. The van der Waals surface area contributed by atoms with Gasteiger partial charge in [-0.15, -0.1) is 0 Å². The molecule has 29 heavy (non-hydrogen) atoms. The van der Waals surface area contributed by atoms with E-state index in [0.29, 0.717) is 45.4 Å². The second-order valence-electron chi connectivity index (χ2n) is 7.24. The van der Waals surface area contributed by atoms with E-state index in [2.05, 4.69) is 25.9 Å². The minimum absolute atomic E-state index is 0.123. The van der Waals surface area contributed by atoms with Gasteiger partial charge in [-0.3, -0.25) is 4.79 Å². The van der Waals surface area contributed by atoms with Gasteiger partial charge in [0, 0.05) is 32.7 Å². The average Bonchev–Trinajstić information content (AvgIpc) is 2.69. The first kappa shape index (κ1) is 21.4. The molecule has 3 rings (SSSR count). The summed E-state index contributed by atoms with van der Waals surface area (Å²) in [5.41, 5.74) is 0.611. The minimum atomic E-state index is -0.315. The number of anilines is 3. The van der Waals surface area contributed by atoms with E-state index in [-0.39, 0.29) is 11.4 Å². The average molecular weight is 439 g/mol. The SMILES string of the molecule is CNc1nc(Nc2cc(OC)c(C(=O)N3CCNCC3(C)C)cc2Cl)ncc1Cl. The first-order chi connectivity index (χ1) is 13.8. The van der Waals surface area contributed by atoms with E-state index in [1.165, 1.54) is 13.3 Å². The third-order valence-electron chi connectivity index (χ3n) is 4.79. The van der Waals surface area contributed by atoms with E-state index in [0.717, 1.165) is 13.1 Å². The van der Waals surface area contributed by atoms with Gasteiger partial charge >= 0.3 is 0 Å². The molecule has 1 saturated heterocycles. The number of nitrogens with one attached hydrogen (secondary N) is 3. The molecule has 1 aromatic carbocycles. The fourth-order valence-corrected chi connectivity index (χ4v) is 3.61. The van der Waals surface area contributed by atoms with E-state index >= 15 is 0 Å². The van der Waals surface area contributed by atoms with Crippen molar-refractivity contribution in [3.05, 3.63) is 33.9 Å². The molecule has 3 N–H and O–H groups in total. The Morgan fingerprint density at radius 2 is 2.07 bits per heavy atom. The first-order valence-corrected chi connectivity index (χ1v) is 9.90. The smallest absolute Gasteiger partial charge is 0.258 e. The van der Waals surface area contributed by atoms with Crippen LogP contribution < -0.4 is 20.7 Å². The summed E-state index contributed by atoms with van der Waals surface area (Å²) in [5.74, 6) is 1.09. The van der Waals surface area contributed by atoms with Gasteiger partial charge in [-0.05, 0) is 19.9 Å². The highest BCUT2D eigenvalue weighted by molar-refractivity contribution is 6.34. The van der Waals surface area contributed by atoms with Gasteiger partial charge in [0.2, 0.25) is 5.95 Å². The van der Waals surface area contributed by atoms with Crippen LogP contribution in [0.15, 0.2) is 18.3 Å². The Balaban J connectivity index is 1.92. The van der Waals surface area contributed by atoms with Crippen molar-refractivity contribution < 1.29 is 9.53 Å². The summed E-state index contributed by atoms with van der Waals surface area (Å²) in [6.07, 6.45) is 1.48. The molecule has 0 saturated carbocycles. The Labute approximate surface area is 179 Å². The van der Waals surface area contributed by atoms with Crippen LogP contribution >= 0.6 is 23.2 Å². The van der Waals surface area contributed by atoms with Crippen molar-refractivity contribution in [1.29, 1.82) is 0 Å². The van der Waals surface area contributed by atoms with Crippen molar-refractivity contribution in [1.82, 2.24) is 20.2 Å². The number of piperazine rings is 1. The van der Waals surface area contributed by atoms with Gasteiger partial charge in [-0.1, -0.05) is 23.2 Å². The maximum atomic E-state index is 13.2. The summed E-state index contributed by atoms with van der Waals surface area (Å²) < 4.78 is 5.49. The topological polar surface area (TPSA) is 91.4 Å². The lowest BCUT2D eigenvalue weighted by molar-refractivity contribution is 0.0474. The number of hydrogen-bond donors (Lipinski definition) is 3. The van der Waals surface area contributed by atoms with Gasteiger partial charge in [-0.25, -0.2) is 4.98 Å². The Morgan fingerprint density at radius 1 is 1.31 bits per heavy atom. The molecule has 156 valence electrons. The van der Waals surface area contributed by atoms with Crippen LogP contribution in [0.5, 0.6) is 5.75 Å². The lowest BCUT2D eigenvalue weighted by Gasteiger charge is -2.43. The highest BCUT2D eigenvalue weighted by Crippen LogP contribution is 2.34. The second-order valence-corrected chi connectivity index (χ2v) is 8.06. The van der Waals surface area contributed by atoms with Crippen molar-refractivity contribution in [2.24, 2.45) is 0 Å². The van der Waals surface area contributed by atoms with Gasteiger partial charge in [-0.2, -0.15) is 4.98 Å². The second kappa shape index (κ2) is 8.61. The highest BCUT2D eigenvalue weighted by atomic mass is 35.5. The number of nitrogens with zero attached hydrogens (tertiary/aromatic N) is 3. The van der Waals surface area contributed by atoms with Crippen molar-refractivity contribution in [2.45, 2.75) is 19.4 Å². The number of amides is 1. The molecule has 0 bridgehead atoms. The molecule has 0 unspecified atom stereocenters. The lowest BCUT2D eigenvalue weighted by Crippen LogP contribution is -2.59. The molecular formula is C19H24Cl2N6O2. The lowest BCUT2D eigenvalue weighted by atomic mass is 9.98. The van der Waals surface area contributed by atoms with Gasteiger partial charge in [0.25, 0.3) is 5.91 Å². The fraction of sp³-hybridized carbons (Fsp3) is 0.421. The Hall–Kier alpha value is -2.29. The third kappa shape index (κ3) is 4.49. The van der Waals surface area contributed by atoms with Crippen molar-refractivity contribution in [2.75, 3.05) is 44.4 Å². The normalized spacial score (nSPS) is 15.7. The summed E-state index contributed by atoms with van der Waals surface area (Å²) in [7, 11) is 3.23. The van der Waals surface area contributed by atoms with Gasteiger partial charge < -0.3 is 25.6 Å². The maximum Gasteiger partial charge on any atom is 0.258 e. The molecule has 0 aliphatic carbocycles. The summed E-state index contributed by atoms with van der Waals surface area (Å²) in [6.45, 7) is 6.12. The van der Waals surface area contributed by atoms with Crippen molar-refractivity contribution in [3.63, 3.8) is 0 Å². The molecule has 1 amide bonds. The molecule has 2 aromatic rings. The number of halogens is 2. The number of carbonyl (C=O) groups is 1. The van der Waals surface area contributed by atoms with E-state index in [1.54, 1.807) is 19.2 Å². The van der Waals surface area contributed by atoms with Crippen LogP contribution in [0, 0.1) is 0 Å². The molecule has 8 nitrogen and oxygen atoms in total. The quantitative estimate of drug-likeness (QED) is 0.658. The largest absolute Gasteiger partial charge is 0.496 e. The third-order valence-corrected chi connectivity index (χ3v) is 5.38. The van der Waals surface area contributed by atoms with E-state index in [1.807, 2.05) is 18.7 Å². The molecule has 10 heteroatoms. The predicted molar refractivity (Wildman–Crippen MR) is 116 cm³/mol. The summed E-state index contributed by atoms with van der Waals surface area (Å²) in [6, 6.07) is 3.28. The number of hydrogen-bond acceptors (Lipinski definition) is 7. The molecule has 1 fully saturated rings. The number of methoxy groups -OCH3 is 1. The Kier molecular flexibility index (Phi) is 6.36. The van der Waals surface area contributed by atoms with Gasteiger partial charge in [0.05, 0.1) is 35.1 Å². The van der Waals surface area contributed by atoms with Crippen LogP contribution in [0.4, 0.5) is 17.5 Å². The van der Waals surface area contributed by atoms with Crippen LogP contribution in [0.25, 0.3) is 0 Å². The molecular weight excluding hydrogens is 415 g/mol. The van der Waals surface area contributed by atoms with Gasteiger partial charge in [0.1, 0.15) is 16.6 Å². The van der Waals surface area contributed by atoms with Gasteiger partial charge in [0.15, 0.2) is 0 Å². The zero-order valence-corrected chi connectivity index (χ0v) is 18.3. The van der Waals surface area contributed by atoms with Crippen LogP contribution in [0.3, 0.4) is 0 Å². The fourth-order valence-electron chi connectivity index (χ4n) is 3.21. The number of benzene rings is 1. The zero-order chi connectivity index (χ0) is 21.2. The predicted octanol–water partition coefficient (Wildman–Crippen LogP) is 3.40. The van der Waals surface area contributed by atoms with Crippen LogP contribution in [0.1, 0.15) is 24.2 Å². The van der Waals surface area contributed by atoms with Crippen molar-refractivity contribution in [3.8, 4) is 5.75 Å². The molecule has 1 aromatic heterocycles. The van der Waals surface area contributed by atoms with Crippen LogP contribution in [-0.4, -0.2) is 60.1 Å².